The fourth-order valence-corrected chi connectivity index (χ4v) is 4.14. The fraction of sp³-hybridized carbons (Fsp3) is 0.733. The third-order valence-corrected chi connectivity index (χ3v) is 5.36. The minimum Gasteiger partial charge on any atom is -0.309 e. The second-order valence-corrected chi connectivity index (χ2v) is 7.34. The Hall–Kier alpha value is -0.0500. The van der Waals surface area contributed by atoms with Crippen LogP contribution in [0, 0.1) is 11.8 Å². The monoisotopic (exact) mass is 285 g/mol. The summed E-state index contributed by atoms with van der Waals surface area (Å²) < 4.78 is 0.914. The van der Waals surface area contributed by atoms with Crippen LogP contribution in [0.4, 0.5) is 0 Å². The maximum Gasteiger partial charge on any atom is 0.0931 e. The molecule has 1 heterocycles. The lowest BCUT2D eigenvalue weighted by Crippen LogP contribution is -2.30. The van der Waals surface area contributed by atoms with Gasteiger partial charge in [-0.25, -0.2) is 0 Å². The molecule has 1 aliphatic carbocycles. The molecule has 0 bridgehead atoms. The first kappa shape index (κ1) is 14.4. The first-order valence-corrected chi connectivity index (χ1v) is 8.38. The Bertz CT molecular complexity index is 355. The highest BCUT2D eigenvalue weighted by molar-refractivity contribution is 7.16. The van der Waals surface area contributed by atoms with Crippen LogP contribution in [-0.4, -0.2) is 6.54 Å². The quantitative estimate of drug-likeness (QED) is 0.777. The summed E-state index contributed by atoms with van der Waals surface area (Å²) in [6, 6.07) is 4.77. The third kappa shape index (κ3) is 3.72. The second kappa shape index (κ2) is 6.93. The molecular formula is C15H24ClNS. The molecule has 0 aromatic carbocycles. The first-order valence-electron chi connectivity index (χ1n) is 7.19. The molecule has 3 heteroatoms. The van der Waals surface area contributed by atoms with Gasteiger partial charge in [-0.15, -0.1) is 11.3 Å². The molecule has 1 aromatic rings. The highest BCUT2D eigenvalue weighted by Crippen LogP contribution is 2.39. The molecule has 0 radical (unpaired) electrons. The van der Waals surface area contributed by atoms with Crippen LogP contribution in [0.15, 0.2) is 12.1 Å². The van der Waals surface area contributed by atoms with E-state index in [0.717, 1.165) is 22.7 Å². The molecule has 1 atom stereocenters. The van der Waals surface area contributed by atoms with Crippen molar-refractivity contribution in [3.63, 3.8) is 0 Å². The number of hydrogen-bond donors (Lipinski definition) is 1. The van der Waals surface area contributed by atoms with Gasteiger partial charge in [0, 0.05) is 10.9 Å². The van der Waals surface area contributed by atoms with Crippen molar-refractivity contribution in [2.75, 3.05) is 6.54 Å². The van der Waals surface area contributed by atoms with Crippen LogP contribution in [0.25, 0.3) is 0 Å². The molecule has 0 spiro atoms. The summed E-state index contributed by atoms with van der Waals surface area (Å²) in [6.07, 6.45) is 6.68. The minimum absolute atomic E-state index is 0.523. The van der Waals surface area contributed by atoms with Gasteiger partial charge in [0.1, 0.15) is 0 Å². The highest BCUT2D eigenvalue weighted by Gasteiger charge is 2.27. The normalized spacial score (nSPS) is 26.2. The van der Waals surface area contributed by atoms with Crippen molar-refractivity contribution < 1.29 is 0 Å². The number of hydrogen-bond acceptors (Lipinski definition) is 2. The molecule has 18 heavy (non-hydrogen) atoms. The maximum atomic E-state index is 6.09. The summed E-state index contributed by atoms with van der Waals surface area (Å²) >= 11 is 7.84. The van der Waals surface area contributed by atoms with E-state index in [1.54, 1.807) is 11.3 Å². The van der Waals surface area contributed by atoms with E-state index >= 15 is 0 Å². The van der Waals surface area contributed by atoms with Crippen molar-refractivity contribution in [3.05, 3.63) is 21.3 Å². The van der Waals surface area contributed by atoms with Crippen LogP contribution in [-0.2, 0) is 0 Å². The zero-order chi connectivity index (χ0) is 13.0. The Balaban J connectivity index is 2.04. The van der Waals surface area contributed by atoms with Gasteiger partial charge in [-0.1, -0.05) is 38.3 Å². The summed E-state index contributed by atoms with van der Waals surface area (Å²) in [6.45, 7) is 5.72. The summed E-state index contributed by atoms with van der Waals surface area (Å²) in [5.74, 6) is 1.71. The van der Waals surface area contributed by atoms with E-state index in [4.69, 9.17) is 11.6 Å². The third-order valence-electron chi connectivity index (χ3n) is 4.05. The molecule has 1 nitrogen and oxygen atoms in total. The van der Waals surface area contributed by atoms with Gasteiger partial charge < -0.3 is 5.32 Å². The SMILES string of the molecule is CCCNC(c1ccc(Cl)s1)C1CCC(C)CC1. The Kier molecular flexibility index (Phi) is 5.53. The largest absolute Gasteiger partial charge is 0.309 e. The lowest BCUT2D eigenvalue weighted by Gasteiger charge is -2.33. The van der Waals surface area contributed by atoms with Crippen molar-refractivity contribution in [1.82, 2.24) is 5.32 Å². The van der Waals surface area contributed by atoms with Gasteiger partial charge in [-0.3, -0.25) is 0 Å². The zero-order valence-electron chi connectivity index (χ0n) is 11.4. The summed E-state index contributed by atoms with van der Waals surface area (Å²) in [5, 5.41) is 3.74. The van der Waals surface area contributed by atoms with Crippen LogP contribution in [0.3, 0.4) is 0 Å². The van der Waals surface area contributed by atoms with Crippen LogP contribution in [0.1, 0.15) is 56.9 Å². The summed E-state index contributed by atoms with van der Waals surface area (Å²) in [4.78, 5) is 1.42. The first-order chi connectivity index (χ1) is 8.70. The van der Waals surface area contributed by atoms with E-state index in [1.165, 1.54) is 37.0 Å². The smallest absolute Gasteiger partial charge is 0.0931 e. The lowest BCUT2D eigenvalue weighted by molar-refractivity contribution is 0.233. The van der Waals surface area contributed by atoms with Crippen molar-refractivity contribution >= 4 is 22.9 Å². The summed E-state index contributed by atoms with van der Waals surface area (Å²) in [7, 11) is 0. The molecule has 102 valence electrons. The van der Waals surface area contributed by atoms with Crippen LogP contribution < -0.4 is 5.32 Å². The van der Waals surface area contributed by atoms with Gasteiger partial charge in [0.2, 0.25) is 0 Å². The number of thiophene rings is 1. The van der Waals surface area contributed by atoms with E-state index in [2.05, 4.69) is 25.2 Å². The van der Waals surface area contributed by atoms with Gasteiger partial charge in [0.05, 0.1) is 4.34 Å². The maximum absolute atomic E-state index is 6.09. The Morgan fingerprint density at radius 1 is 1.33 bits per heavy atom. The lowest BCUT2D eigenvalue weighted by atomic mass is 9.79. The van der Waals surface area contributed by atoms with Gasteiger partial charge >= 0.3 is 0 Å². The molecule has 1 aromatic heterocycles. The standard InChI is InChI=1S/C15H24ClNS/c1-3-10-17-15(13-8-9-14(16)18-13)12-6-4-11(2)5-7-12/h8-9,11-12,15,17H,3-7,10H2,1-2H3. The van der Waals surface area contributed by atoms with Gasteiger partial charge in [0.15, 0.2) is 0 Å². The number of halogens is 1. The highest BCUT2D eigenvalue weighted by atomic mass is 35.5. The van der Waals surface area contributed by atoms with E-state index in [1.807, 2.05) is 6.07 Å². The average molecular weight is 286 g/mol. The van der Waals surface area contributed by atoms with Crippen LogP contribution in [0.2, 0.25) is 4.34 Å². The predicted octanol–water partition coefficient (Wildman–Crippen LogP) is 5.27. The Morgan fingerprint density at radius 2 is 2.06 bits per heavy atom. The Labute approximate surface area is 120 Å². The molecule has 1 aliphatic rings. The molecule has 1 N–H and O–H groups in total. The van der Waals surface area contributed by atoms with Gasteiger partial charge in [0.25, 0.3) is 0 Å². The Morgan fingerprint density at radius 3 is 2.61 bits per heavy atom. The number of nitrogens with one attached hydrogen (secondary N) is 1. The van der Waals surface area contributed by atoms with Crippen molar-refractivity contribution in [3.8, 4) is 0 Å². The van der Waals surface area contributed by atoms with E-state index in [-0.39, 0.29) is 0 Å². The van der Waals surface area contributed by atoms with Crippen molar-refractivity contribution in [2.24, 2.45) is 11.8 Å². The topological polar surface area (TPSA) is 12.0 Å². The van der Waals surface area contributed by atoms with Crippen molar-refractivity contribution in [1.29, 1.82) is 0 Å². The fourth-order valence-electron chi connectivity index (χ4n) is 2.91. The molecule has 1 unspecified atom stereocenters. The van der Waals surface area contributed by atoms with E-state index in [9.17, 15) is 0 Å². The molecule has 1 fully saturated rings. The molecule has 0 aliphatic heterocycles. The second-order valence-electron chi connectivity index (χ2n) is 5.59. The predicted molar refractivity (Wildman–Crippen MR) is 81.5 cm³/mol. The van der Waals surface area contributed by atoms with Crippen LogP contribution in [0.5, 0.6) is 0 Å². The molecule has 2 rings (SSSR count). The van der Waals surface area contributed by atoms with Gasteiger partial charge in [-0.2, -0.15) is 0 Å². The molecular weight excluding hydrogens is 262 g/mol. The van der Waals surface area contributed by atoms with Crippen molar-refractivity contribution in [2.45, 2.75) is 52.0 Å². The molecule has 0 saturated heterocycles. The zero-order valence-corrected chi connectivity index (χ0v) is 13.0. The average Bonchev–Trinajstić information content (AvgIpc) is 2.78. The van der Waals surface area contributed by atoms with E-state index < -0.39 is 0 Å². The van der Waals surface area contributed by atoms with E-state index in [0.29, 0.717) is 6.04 Å². The minimum atomic E-state index is 0.523. The molecule has 1 saturated carbocycles. The number of rotatable bonds is 5. The van der Waals surface area contributed by atoms with Crippen LogP contribution >= 0.6 is 22.9 Å². The summed E-state index contributed by atoms with van der Waals surface area (Å²) in [5.41, 5.74) is 0. The van der Waals surface area contributed by atoms with Gasteiger partial charge in [-0.05, 0) is 49.8 Å². The molecule has 0 amide bonds.